The van der Waals surface area contributed by atoms with E-state index in [1.807, 2.05) is 23.4 Å². The summed E-state index contributed by atoms with van der Waals surface area (Å²) in [5, 5.41) is 19.1. The molecule has 0 unspecified atom stereocenters. The highest BCUT2D eigenvalue weighted by molar-refractivity contribution is 7.89. The highest BCUT2D eigenvalue weighted by Crippen LogP contribution is 2.38. The second kappa shape index (κ2) is 16.0. The Morgan fingerprint density at radius 2 is 1.65 bits per heavy atom. The summed E-state index contributed by atoms with van der Waals surface area (Å²) in [6, 6.07) is 6.13. The van der Waals surface area contributed by atoms with Crippen LogP contribution >= 0.6 is 0 Å². The molecule has 0 bridgehead atoms. The number of nitrogens with zero attached hydrogens (tertiary/aromatic N) is 5. The van der Waals surface area contributed by atoms with Crippen LogP contribution in [0.3, 0.4) is 0 Å². The maximum atomic E-state index is 14.0. The average molecular weight is 728 g/mol. The van der Waals surface area contributed by atoms with Crippen LogP contribution in [0.4, 0.5) is 0 Å². The molecule has 1 aromatic heterocycles. The molecule has 282 valence electrons. The van der Waals surface area contributed by atoms with Gasteiger partial charge >= 0.3 is 0 Å². The first kappa shape index (κ1) is 37.9. The van der Waals surface area contributed by atoms with E-state index in [0.29, 0.717) is 78.2 Å². The van der Waals surface area contributed by atoms with Gasteiger partial charge in [0.2, 0.25) is 21.8 Å². The number of piperidine rings is 1. The maximum absolute atomic E-state index is 14.0. The van der Waals surface area contributed by atoms with Crippen molar-refractivity contribution >= 4 is 21.8 Å². The van der Waals surface area contributed by atoms with Crippen molar-refractivity contribution in [3.05, 3.63) is 41.2 Å². The Hall–Kier alpha value is -2.88. The summed E-state index contributed by atoms with van der Waals surface area (Å²) in [7, 11) is -3.64. The fourth-order valence-electron chi connectivity index (χ4n) is 8.42. The molecule has 1 atom stereocenters. The lowest BCUT2D eigenvalue weighted by molar-refractivity contribution is -0.163. The van der Waals surface area contributed by atoms with Crippen molar-refractivity contribution in [2.24, 2.45) is 0 Å². The molecule has 4 heterocycles. The molecule has 2 aromatic rings. The summed E-state index contributed by atoms with van der Waals surface area (Å²) in [6.45, 7) is 12.6. The molecule has 3 aliphatic heterocycles. The number of benzene rings is 1. The number of hydrogen-bond acceptors (Lipinski definition) is 9. The lowest BCUT2D eigenvalue weighted by atomic mass is 9.77. The van der Waals surface area contributed by atoms with E-state index in [2.05, 4.69) is 26.8 Å². The summed E-state index contributed by atoms with van der Waals surface area (Å²) >= 11 is 0. The Morgan fingerprint density at radius 1 is 0.961 bits per heavy atom. The minimum atomic E-state index is -3.64. The molecule has 4 fully saturated rings. The van der Waals surface area contributed by atoms with Crippen LogP contribution in [-0.4, -0.2) is 126 Å². The van der Waals surface area contributed by atoms with E-state index in [1.165, 1.54) is 0 Å². The summed E-state index contributed by atoms with van der Waals surface area (Å²) in [4.78, 5) is 34.5. The third kappa shape index (κ3) is 8.36. The van der Waals surface area contributed by atoms with Crippen LogP contribution in [0, 0.1) is 13.8 Å². The van der Waals surface area contributed by atoms with Crippen LogP contribution in [0.1, 0.15) is 88.1 Å². The number of hydrogen-bond donors (Lipinski definition) is 3. The van der Waals surface area contributed by atoms with E-state index in [0.717, 1.165) is 67.8 Å². The summed E-state index contributed by atoms with van der Waals surface area (Å²) in [5.41, 5.74) is 1.99. The second-order valence-corrected chi connectivity index (χ2v) is 16.8. The van der Waals surface area contributed by atoms with Gasteiger partial charge in [-0.1, -0.05) is 32.6 Å². The lowest BCUT2D eigenvalue weighted by Crippen LogP contribution is -2.73. The molecule has 51 heavy (non-hydrogen) atoms. The molecule has 2 amide bonds. The number of amides is 2. The minimum Gasteiger partial charge on any atom is -0.390 e. The van der Waals surface area contributed by atoms with Gasteiger partial charge in [-0.25, -0.2) is 17.8 Å². The van der Waals surface area contributed by atoms with Gasteiger partial charge in [0, 0.05) is 70.0 Å². The molecule has 4 aliphatic rings. The van der Waals surface area contributed by atoms with Crippen LogP contribution in [0.25, 0.3) is 5.69 Å². The Morgan fingerprint density at radius 3 is 2.31 bits per heavy atom. The molecule has 14 heteroatoms. The number of aliphatic hydroxyl groups is 1. The van der Waals surface area contributed by atoms with E-state index in [-0.39, 0.29) is 23.1 Å². The fourth-order valence-corrected chi connectivity index (χ4v) is 9.44. The van der Waals surface area contributed by atoms with Gasteiger partial charge in [0.25, 0.3) is 0 Å². The zero-order chi connectivity index (χ0) is 36.2. The number of carbonyl (C=O) groups excluding carboxylic acids is 2. The Labute approximate surface area is 303 Å². The predicted molar refractivity (Wildman–Crippen MR) is 194 cm³/mol. The molecule has 1 spiro atoms. The summed E-state index contributed by atoms with van der Waals surface area (Å²) < 4.78 is 35.9. The maximum Gasteiger partial charge on any atom is 0.246 e. The molecule has 1 aromatic carbocycles. The molecule has 0 radical (unpaired) electrons. The van der Waals surface area contributed by atoms with Crippen molar-refractivity contribution in [1.82, 2.24) is 34.5 Å². The van der Waals surface area contributed by atoms with E-state index in [9.17, 15) is 23.1 Å². The number of rotatable bonds is 13. The van der Waals surface area contributed by atoms with Crippen molar-refractivity contribution in [3.63, 3.8) is 0 Å². The molecular weight excluding hydrogens is 671 g/mol. The Bertz CT molecular complexity index is 1620. The zero-order valence-corrected chi connectivity index (χ0v) is 31.5. The van der Waals surface area contributed by atoms with Crippen LogP contribution in [-0.2, 0) is 30.9 Å². The van der Waals surface area contributed by atoms with Gasteiger partial charge in [-0.05, 0) is 70.2 Å². The van der Waals surface area contributed by atoms with Crippen LogP contribution in [0.5, 0.6) is 0 Å². The molecule has 1 saturated carbocycles. The highest BCUT2D eigenvalue weighted by atomic mass is 32.2. The zero-order valence-electron chi connectivity index (χ0n) is 30.7. The van der Waals surface area contributed by atoms with Gasteiger partial charge in [-0.2, -0.15) is 5.10 Å². The van der Waals surface area contributed by atoms with E-state index >= 15 is 0 Å². The number of piperazine rings is 1. The molecule has 3 saturated heterocycles. The minimum absolute atomic E-state index is 0.0500. The van der Waals surface area contributed by atoms with Gasteiger partial charge in [0.05, 0.1) is 35.1 Å². The number of sulfonamides is 1. The number of likely N-dealkylation sites (tertiary alicyclic amines) is 1. The van der Waals surface area contributed by atoms with E-state index in [1.54, 1.807) is 24.3 Å². The first-order valence-electron chi connectivity index (χ1n) is 19.0. The van der Waals surface area contributed by atoms with Gasteiger partial charge < -0.3 is 20.1 Å². The molecule has 6 rings (SSSR count). The molecule has 13 nitrogen and oxygen atoms in total. The van der Waals surface area contributed by atoms with Crippen molar-refractivity contribution in [3.8, 4) is 5.69 Å². The molecule has 1 aliphatic carbocycles. The number of ether oxygens (including phenoxy) is 1. The molecule has 3 N–H and O–H groups in total. The Balaban J connectivity index is 1.08. The topological polar surface area (TPSA) is 149 Å². The number of aromatic nitrogens is 2. The Kier molecular flexibility index (Phi) is 11.9. The van der Waals surface area contributed by atoms with Crippen molar-refractivity contribution < 1.29 is 27.9 Å². The quantitative estimate of drug-likeness (QED) is 0.283. The summed E-state index contributed by atoms with van der Waals surface area (Å²) in [6.07, 6.45) is 7.50. The number of carbonyl (C=O) groups is 2. The van der Waals surface area contributed by atoms with Gasteiger partial charge in [0.15, 0.2) is 0 Å². The van der Waals surface area contributed by atoms with Gasteiger partial charge in [-0.3, -0.25) is 19.4 Å². The average Bonchev–Trinajstić information content (AvgIpc) is 3.40. The van der Waals surface area contributed by atoms with Crippen LogP contribution < -0.4 is 10.0 Å². The third-order valence-electron chi connectivity index (χ3n) is 11.6. The SMILES string of the molecule is CCCCN1C(=O)[C@@H](CC2(O)CCCCC2)NC(=O)C12CCN(Cc1c(C)nn(-c3ccc(S(=O)(=O)NCCN4CCOCC4)cc3)c1C)CC2. The summed E-state index contributed by atoms with van der Waals surface area (Å²) in [5.74, 6) is -0.133. The number of aryl methyl sites for hydroxylation is 1. The number of nitrogens with one attached hydrogen (secondary N) is 2. The standard InChI is InChI=1S/C37H57N7O6S/c1-4-5-18-43-34(45)33(26-36(47)13-7-6-8-14-36)39-35(46)37(43)15-19-42(20-16-37)27-32-28(2)40-44(29(32)3)30-9-11-31(12-10-30)51(48,49)38-17-21-41-22-24-50-25-23-41/h9-12,33,38,47H,4-8,13-27H2,1-3H3,(H,39,46)/t33-/m1/s1. The van der Waals surface area contributed by atoms with Crippen LogP contribution in [0.15, 0.2) is 29.2 Å². The predicted octanol–water partition coefficient (Wildman–Crippen LogP) is 2.65. The first-order chi connectivity index (χ1) is 24.4. The van der Waals surface area contributed by atoms with E-state index in [4.69, 9.17) is 9.84 Å². The number of morpholine rings is 1. The monoisotopic (exact) mass is 727 g/mol. The number of unbranched alkanes of at least 4 members (excludes halogenated alkanes) is 1. The van der Waals surface area contributed by atoms with Crippen LogP contribution in [0.2, 0.25) is 0 Å². The van der Waals surface area contributed by atoms with Gasteiger partial charge in [-0.15, -0.1) is 0 Å². The lowest BCUT2D eigenvalue weighted by Gasteiger charge is -2.52. The van der Waals surface area contributed by atoms with E-state index < -0.39 is 27.2 Å². The fraction of sp³-hybridized carbons (Fsp3) is 0.703. The smallest absolute Gasteiger partial charge is 0.246 e. The normalized spacial score (nSPS) is 23.1. The second-order valence-electron chi connectivity index (χ2n) is 15.1. The van der Waals surface area contributed by atoms with Crippen molar-refractivity contribution in [1.29, 1.82) is 0 Å². The van der Waals surface area contributed by atoms with Gasteiger partial charge in [0.1, 0.15) is 11.6 Å². The van der Waals surface area contributed by atoms with Crippen molar-refractivity contribution in [2.75, 3.05) is 59.0 Å². The highest BCUT2D eigenvalue weighted by Gasteiger charge is 2.54. The van der Waals surface area contributed by atoms with Crippen molar-refractivity contribution in [2.45, 2.75) is 114 Å². The first-order valence-corrected chi connectivity index (χ1v) is 20.5. The largest absolute Gasteiger partial charge is 0.390 e. The molecular formula is C37H57N7O6S. The third-order valence-corrected chi connectivity index (χ3v) is 13.1.